The number of para-hydroxylation sites is 1. The zero-order chi connectivity index (χ0) is 14.3. The number of hydrogen-bond donors (Lipinski definition) is 0. The minimum Gasteiger partial charge on any atom is -0.269 e. The van der Waals surface area contributed by atoms with Gasteiger partial charge in [0.25, 0.3) is 14.2 Å². The number of benzene rings is 1. The van der Waals surface area contributed by atoms with E-state index in [-0.39, 0.29) is 11.1 Å². The summed E-state index contributed by atoms with van der Waals surface area (Å²) in [6.07, 6.45) is 2.29. The molecule has 1 aromatic heterocycles. The minimum absolute atomic E-state index is 0.162. The Morgan fingerprint density at radius 1 is 1.25 bits per heavy atom. The van der Waals surface area contributed by atoms with Gasteiger partial charge in [-0.1, -0.05) is 25.1 Å². The first kappa shape index (κ1) is 13.6. The molecule has 1 aliphatic rings. The topological polar surface area (TPSA) is 64.8 Å². The van der Waals surface area contributed by atoms with Gasteiger partial charge in [0.15, 0.2) is 0 Å². The van der Waals surface area contributed by atoms with Gasteiger partial charge in [0.2, 0.25) is 0 Å². The highest BCUT2D eigenvalue weighted by molar-refractivity contribution is 8.13. The van der Waals surface area contributed by atoms with Gasteiger partial charge in [-0.2, -0.15) is 0 Å². The maximum atomic E-state index is 11.7. The molecule has 7 heteroatoms. The second-order valence-electron chi connectivity index (χ2n) is 5.08. The monoisotopic (exact) mass is 311 g/mol. The molecule has 1 aliphatic carbocycles. The molecule has 0 spiro atoms. The van der Waals surface area contributed by atoms with Crippen molar-refractivity contribution in [1.82, 2.24) is 14.8 Å². The highest BCUT2D eigenvalue weighted by atomic mass is 35.7. The van der Waals surface area contributed by atoms with E-state index in [0.717, 1.165) is 12.8 Å². The van der Waals surface area contributed by atoms with E-state index >= 15 is 0 Å². The van der Waals surface area contributed by atoms with E-state index in [2.05, 4.69) is 10.2 Å². The van der Waals surface area contributed by atoms with Gasteiger partial charge in [-0.25, -0.2) is 8.42 Å². The van der Waals surface area contributed by atoms with Crippen LogP contribution in [0.2, 0.25) is 0 Å². The third-order valence-electron chi connectivity index (χ3n) is 3.63. The number of rotatable bonds is 4. The van der Waals surface area contributed by atoms with Crippen molar-refractivity contribution < 1.29 is 8.42 Å². The fraction of sp³-hybridized carbons (Fsp3) is 0.385. The van der Waals surface area contributed by atoms with E-state index in [0.29, 0.717) is 17.4 Å². The average molecular weight is 312 g/mol. The van der Waals surface area contributed by atoms with E-state index in [1.165, 1.54) is 0 Å². The van der Waals surface area contributed by atoms with Crippen molar-refractivity contribution in [3.63, 3.8) is 0 Å². The Labute approximate surface area is 122 Å². The summed E-state index contributed by atoms with van der Waals surface area (Å²) in [6, 6.07) is 9.18. The molecular formula is C13H14ClN3O2S. The highest BCUT2D eigenvalue weighted by Crippen LogP contribution is 2.42. The molecule has 0 aliphatic heterocycles. The molecule has 1 unspecified atom stereocenters. The molecule has 0 radical (unpaired) electrons. The standard InChI is InChI=1S/C13H14ClN3O2S/c1-9(10-7-8-10)12-15-16-13(20(14,18)19)17(12)11-5-3-2-4-6-11/h2-6,9-10H,7-8H2,1H3. The zero-order valence-corrected chi connectivity index (χ0v) is 12.5. The van der Waals surface area contributed by atoms with E-state index in [9.17, 15) is 8.42 Å². The summed E-state index contributed by atoms with van der Waals surface area (Å²) in [5, 5.41) is 7.64. The van der Waals surface area contributed by atoms with E-state index in [4.69, 9.17) is 10.7 Å². The molecule has 20 heavy (non-hydrogen) atoms. The lowest BCUT2D eigenvalue weighted by Gasteiger charge is -2.13. The Morgan fingerprint density at radius 3 is 2.45 bits per heavy atom. The summed E-state index contributed by atoms with van der Waals surface area (Å²) in [4.78, 5) is 0. The summed E-state index contributed by atoms with van der Waals surface area (Å²) in [5.74, 6) is 1.36. The molecule has 0 N–H and O–H groups in total. The summed E-state index contributed by atoms with van der Waals surface area (Å²) in [5.41, 5.74) is 0.708. The second-order valence-corrected chi connectivity index (χ2v) is 7.54. The first-order valence-electron chi connectivity index (χ1n) is 6.44. The van der Waals surface area contributed by atoms with Gasteiger partial charge in [-0.15, -0.1) is 10.2 Å². The second kappa shape index (κ2) is 4.86. The Hall–Kier alpha value is -1.40. The summed E-state index contributed by atoms with van der Waals surface area (Å²) in [7, 11) is 1.54. The van der Waals surface area contributed by atoms with Gasteiger partial charge in [0, 0.05) is 22.3 Å². The molecular weight excluding hydrogens is 298 g/mol. The maximum Gasteiger partial charge on any atom is 0.297 e. The van der Waals surface area contributed by atoms with Crippen LogP contribution in [0.5, 0.6) is 0 Å². The van der Waals surface area contributed by atoms with Crippen LogP contribution in [0.3, 0.4) is 0 Å². The van der Waals surface area contributed by atoms with Crippen molar-refractivity contribution in [2.45, 2.75) is 30.8 Å². The largest absolute Gasteiger partial charge is 0.297 e. The van der Waals surface area contributed by atoms with Gasteiger partial charge >= 0.3 is 0 Å². The molecule has 1 atom stereocenters. The van der Waals surface area contributed by atoms with Crippen LogP contribution in [0.4, 0.5) is 0 Å². The first-order chi connectivity index (χ1) is 9.48. The zero-order valence-electron chi connectivity index (χ0n) is 10.9. The third kappa shape index (κ3) is 2.45. The van der Waals surface area contributed by atoms with Crippen LogP contribution in [-0.2, 0) is 9.05 Å². The smallest absolute Gasteiger partial charge is 0.269 e. The first-order valence-corrected chi connectivity index (χ1v) is 8.75. The van der Waals surface area contributed by atoms with Crippen LogP contribution in [-0.4, -0.2) is 23.2 Å². The number of aromatic nitrogens is 3. The van der Waals surface area contributed by atoms with Crippen LogP contribution < -0.4 is 0 Å². The van der Waals surface area contributed by atoms with Gasteiger partial charge < -0.3 is 0 Å². The van der Waals surface area contributed by atoms with Crippen LogP contribution in [0.15, 0.2) is 35.5 Å². The fourth-order valence-electron chi connectivity index (χ4n) is 2.36. The van der Waals surface area contributed by atoms with Crippen molar-refractivity contribution in [3.05, 3.63) is 36.2 Å². The Morgan fingerprint density at radius 2 is 1.90 bits per heavy atom. The fourth-order valence-corrected chi connectivity index (χ4v) is 3.22. The average Bonchev–Trinajstić information content (AvgIpc) is 3.15. The van der Waals surface area contributed by atoms with Gasteiger partial charge in [0.05, 0.1) is 0 Å². The summed E-state index contributed by atoms with van der Waals surface area (Å²) >= 11 is 0. The van der Waals surface area contributed by atoms with Crippen LogP contribution in [0.1, 0.15) is 31.5 Å². The predicted molar refractivity (Wildman–Crippen MR) is 75.5 cm³/mol. The Bertz CT molecular complexity index is 723. The van der Waals surface area contributed by atoms with Gasteiger partial charge in [-0.05, 0) is 30.9 Å². The van der Waals surface area contributed by atoms with Crippen molar-refractivity contribution in [3.8, 4) is 5.69 Å². The summed E-state index contributed by atoms with van der Waals surface area (Å²) < 4.78 is 24.9. The quantitative estimate of drug-likeness (QED) is 0.814. The number of nitrogens with zero attached hydrogens (tertiary/aromatic N) is 3. The van der Waals surface area contributed by atoms with Crippen LogP contribution >= 0.6 is 10.7 Å². The molecule has 3 rings (SSSR count). The molecule has 1 fully saturated rings. The maximum absolute atomic E-state index is 11.7. The lowest BCUT2D eigenvalue weighted by Crippen LogP contribution is -2.10. The normalized spacial score (nSPS) is 17.1. The van der Waals surface area contributed by atoms with Crippen LogP contribution in [0, 0.1) is 5.92 Å². The van der Waals surface area contributed by atoms with Crippen LogP contribution in [0.25, 0.3) is 5.69 Å². The minimum atomic E-state index is -3.94. The highest BCUT2D eigenvalue weighted by Gasteiger charge is 2.34. The predicted octanol–water partition coefficient (Wildman–Crippen LogP) is 2.71. The molecule has 1 aromatic carbocycles. The third-order valence-corrected chi connectivity index (χ3v) is 4.74. The lowest BCUT2D eigenvalue weighted by atomic mass is 10.1. The van der Waals surface area contributed by atoms with E-state index in [1.807, 2.05) is 37.3 Å². The molecule has 0 saturated heterocycles. The van der Waals surface area contributed by atoms with Crippen molar-refractivity contribution >= 4 is 19.7 Å². The Kier molecular flexibility index (Phi) is 3.30. The van der Waals surface area contributed by atoms with Gasteiger partial charge in [-0.3, -0.25) is 4.57 Å². The van der Waals surface area contributed by atoms with Crippen molar-refractivity contribution in [2.75, 3.05) is 0 Å². The van der Waals surface area contributed by atoms with Crippen molar-refractivity contribution in [2.24, 2.45) is 5.92 Å². The van der Waals surface area contributed by atoms with Crippen molar-refractivity contribution in [1.29, 1.82) is 0 Å². The molecule has 5 nitrogen and oxygen atoms in total. The number of halogens is 1. The molecule has 0 amide bonds. The molecule has 0 bridgehead atoms. The van der Waals surface area contributed by atoms with E-state index in [1.54, 1.807) is 4.57 Å². The molecule has 1 saturated carbocycles. The summed E-state index contributed by atoms with van der Waals surface area (Å²) in [6.45, 7) is 2.05. The van der Waals surface area contributed by atoms with Gasteiger partial charge in [0.1, 0.15) is 5.82 Å². The molecule has 106 valence electrons. The van der Waals surface area contributed by atoms with E-state index < -0.39 is 9.05 Å². The molecule has 2 aromatic rings. The number of hydrogen-bond acceptors (Lipinski definition) is 4. The SMILES string of the molecule is CC(c1nnc(S(=O)(=O)Cl)n1-c1ccccc1)C1CC1. The lowest BCUT2D eigenvalue weighted by molar-refractivity contribution is 0.586. The Balaban J connectivity index is 2.19. The molecule has 1 heterocycles.